The molecule has 0 saturated carbocycles. The molecule has 0 aliphatic heterocycles. The predicted octanol–water partition coefficient (Wildman–Crippen LogP) is 5.04. The third-order valence-corrected chi connectivity index (χ3v) is 3.06. The van der Waals surface area contributed by atoms with Crippen LogP contribution in [0.4, 0.5) is 0 Å². The second-order valence-corrected chi connectivity index (χ2v) is 4.78. The Morgan fingerprint density at radius 1 is 0.882 bits per heavy atom. The molecule has 0 aromatic heterocycles. The molecule has 0 N–H and O–H groups in total. The van der Waals surface area contributed by atoms with Crippen molar-refractivity contribution in [1.82, 2.24) is 0 Å². The van der Waals surface area contributed by atoms with Crippen LogP contribution in [0.3, 0.4) is 0 Å². The van der Waals surface area contributed by atoms with Crippen LogP contribution in [-0.2, 0) is 9.53 Å². The molecule has 0 radical (unpaired) electrons. The van der Waals surface area contributed by atoms with Gasteiger partial charge in [0.05, 0.1) is 0 Å². The molecular weight excluding hydrogens is 236 g/mol. The van der Waals surface area contributed by atoms with E-state index < -0.39 is 0 Å². The molecule has 0 aromatic carbocycles. The van der Waals surface area contributed by atoms with Crippen molar-refractivity contribution in [2.45, 2.75) is 77.6 Å². The van der Waals surface area contributed by atoms with Crippen molar-refractivity contribution < 1.29 is 9.53 Å². The maximum atomic E-state index is 11.0. The van der Waals surface area contributed by atoms with Gasteiger partial charge < -0.3 is 4.74 Å². The Labute approximate surface area is 111 Å². The van der Waals surface area contributed by atoms with Crippen molar-refractivity contribution in [1.29, 1.82) is 0 Å². The second-order valence-electron chi connectivity index (χ2n) is 4.56. The first kappa shape index (κ1) is 16.8. The normalized spacial score (nSPS) is 10.5. The number of hydrogen-bond acceptors (Lipinski definition) is 2. The summed E-state index contributed by atoms with van der Waals surface area (Å²) in [5, 5.41) is 0. The quantitative estimate of drug-likeness (QED) is 0.280. The topological polar surface area (TPSA) is 26.3 Å². The molecule has 0 rings (SSSR count). The Hall–Kier alpha value is -0.240. The summed E-state index contributed by atoms with van der Waals surface area (Å²) >= 11 is 5.29. The van der Waals surface area contributed by atoms with Crippen LogP contribution in [0.1, 0.15) is 77.6 Å². The minimum absolute atomic E-state index is 0.0173. The zero-order chi connectivity index (χ0) is 12.8. The number of esters is 1. The maximum absolute atomic E-state index is 11.0. The molecule has 0 heterocycles. The van der Waals surface area contributed by atoms with Crippen molar-refractivity contribution in [2.24, 2.45) is 0 Å². The average Bonchev–Trinajstić information content (AvgIpc) is 2.32. The molecular formula is C14H27ClO2. The monoisotopic (exact) mass is 262 g/mol. The number of carbonyl (C=O) groups is 1. The number of unbranched alkanes of at least 4 members (excludes halogenated alkanes) is 9. The lowest BCUT2D eigenvalue weighted by atomic mass is 10.1. The minimum Gasteiger partial charge on any atom is -0.449 e. The molecule has 17 heavy (non-hydrogen) atoms. The third-order valence-electron chi connectivity index (χ3n) is 2.95. The number of halogens is 1. The number of ether oxygens (including phenoxy) is 1. The van der Waals surface area contributed by atoms with Crippen molar-refractivity contribution >= 4 is 17.6 Å². The first-order valence-electron chi connectivity index (χ1n) is 7.02. The fourth-order valence-electron chi connectivity index (χ4n) is 1.89. The Kier molecular flexibility index (Phi) is 13.6. The standard InChI is InChI=1S/C14H27ClO2/c1-2-3-4-5-6-7-8-9-10-11-12-14(16)17-13-15/h2-13H2,1H3. The summed E-state index contributed by atoms with van der Waals surface area (Å²) in [7, 11) is 0. The molecule has 102 valence electrons. The summed E-state index contributed by atoms with van der Waals surface area (Å²) in [5.74, 6) is -0.167. The maximum Gasteiger partial charge on any atom is 0.306 e. The summed E-state index contributed by atoms with van der Waals surface area (Å²) < 4.78 is 4.65. The number of alkyl halides is 1. The number of hydrogen-bond donors (Lipinski definition) is 0. The molecule has 0 atom stereocenters. The average molecular weight is 263 g/mol. The molecule has 2 nitrogen and oxygen atoms in total. The van der Waals surface area contributed by atoms with Gasteiger partial charge in [0.2, 0.25) is 0 Å². The minimum atomic E-state index is -0.167. The summed E-state index contributed by atoms with van der Waals surface area (Å²) in [5.41, 5.74) is 0. The van der Waals surface area contributed by atoms with Crippen molar-refractivity contribution in [2.75, 3.05) is 6.07 Å². The van der Waals surface area contributed by atoms with E-state index in [-0.39, 0.29) is 12.0 Å². The third kappa shape index (κ3) is 13.7. The molecule has 0 aliphatic carbocycles. The fraction of sp³-hybridized carbons (Fsp3) is 0.929. The van der Waals surface area contributed by atoms with Gasteiger partial charge in [0.25, 0.3) is 0 Å². The van der Waals surface area contributed by atoms with Crippen LogP contribution in [0, 0.1) is 0 Å². The number of carbonyl (C=O) groups excluding carboxylic acids is 1. The van der Waals surface area contributed by atoms with Crippen molar-refractivity contribution in [3.8, 4) is 0 Å². The lowest BCUT2D eigenvalue weighted by Crippen LogP contribution is -2.01. The van der Waals surface area contributed by atoms with Gasteiger partial charge in [-0.15, -0.1) is 0 Å². The van der Waals surface area contributed by atoms with Gasteiger partial charge in [-0.3, -0.25) is 4.79 Å². The van der Waals surface area contributed by atoms with Gasteiger partial charge in [0, 0.05) is 6.42 Å². The van der Waals surface area contributed by atoms with Gasteiger partial charge in [-0.2, -0.15) is 0 Å². The molecule has 0 bridgehead atoms. The smallest absolute Gasteiger partial charge is 0.306 e. The van der Waals surface area contributed by atoms with Crippen LogP contribution in [-0.4, -0.2) is 12.0 Å². The highest BCUT2D eigenvalue weighted by Gasteiger charge is 2.00. The summed E-state index contributed by atoms with van der Waals surface area (Å²) in [6, 6.07) is -0.0173. The van der Waals surface area contributed by atoms with Crippen molar-refractivity contribution in [3.05, 3.63) is 0 Å². The van der Waals surface area contributed by atoms with Crippen LogP contribution in [0.2, 0.25) is 0 Å². The molecule has 0 aliphatic rings. The van der Waals surface area contributed by atoms with Gasteiger partial charge in [-0.05, 0) is 6.42 Å². The van der Waals surface area contributed by atoms with Gasteiger partial charge >= 0.3 is 5.97 Å². The van der Waals surface area contributed by atoms with E-state index in [0.29, 0.717) is 6.42 Å². The highest BCUT2D eigenvalue weighted by molar-refractivity contribution is 6.17. The first-order chi connectivity index (χ1) is 8.31. The van der Waals surface area contributed by atoms with Gasteiger partial charge in [-0.25, -0.2) is 0 Å². The van der Waals surface area contributed by atoms with E-state index in [2.05, 4.69) is 11.7 Å². The Morgan fingerprint density at radius 3 is 1.82 bits per heavy atom. The Balaban J connectivity index is 3.01. The van der Waals surface area contributed by atoms with Crippen LogP contribution in [0.25, 0.3) is 0 Å². The zero-order valence-electron chi connectivity index (χ0n) is 11.2. The van der Waals surface area contributed by atoms with E-state index in [9.17, 15) is 4.79 Å². The lowest BCUT2D eigenvalue weighted by Gasteiger charge is -2.02. The molecule has 0 amide bonds. The van der Waals surface area contributed by atoms with E-state index in [0.717, 1.165) is 12.8 Å². The molecule has 0 unspecified atom stereocenters. The van der Waals surface area contributed by atoms with Crippen molar-refractivity contribution in [3.63, 3.8) is 0 Å². The van der Waals surface area contributed by atoms with Crippen LogP contribution >= 0.6 is 11.6 Å². The highest BCUT2D eigenvalue weighted by atomic mass is 35.5. The zero-order valence-corrected chi connectivity index (χ0v) is 11.9. The predicted molar refractivity (Wildman–Crippen MR) is 73.3 cm³/mol. The SMILES string of the molecule is CCCCCCCCCCCCC(=O)OCCl. The first-order valence-corrected chi connectivity index (χ1v) is 7.56. The Morgan fingerprint density at radius 2 is 1.35 bits per heavy atom. The van der Waals surface area contributed by atoms with E-state index in [1.807, 2.05) is 0 Å². The van der Waals surface area contributed by atoms with Gasteiger partial charge in [0.15, 0.2) is 6.07 Å². The summed E-state index contributed by atoms with van der Waals surface area (Å²) in [6.07, 6.45) is 13.3. The van der Waals surface area contributed by atoms with Crippen LogP contribution < -0.4 is 0 Å². The van der Waals surface area contributed by atoms with Crippen LogP contribution in [0.15, 0.2) is 0 Å². The highest BCUT2D eigenvalue weighted by Crippen LogP contribution is 2.11. The molecule has 0 fully saturated rings. The van der Waals surface area contributed by atoms with E-state index >= 15 is 0 Å². The largest absolute Gasteiger partial charge is 0.449 e. The lowest BCUT2D eigenvalue weighted by molar-refractivity contribution is -0.141. The van der Waals surface area contributed by atoms with Gasteiger partial charge in [-0.1, -0.05) is 76.3 Å². The van der Waals surface area contributed by atoms with E-state index in [1.54, 1.807) is 0 Å². The Bertz CT molecular complexity index is 172. The second kappa shape index (κ2) is 13.8. The summed E-state index contributed by atoms with van der Waals surface area (Å²) in [4.78, 5) is 11.0. The van der Waals surface area contributed by atoms with E-state index in [4.69, 9.17) is 11.6 Å². The van der Waals surface area contributed by atoms with Gasteiger partial charge in [0.1, 0.15) is 0 Å². The molecule has 0 spiro atoms. The number of rotatable bonds is 12. The summed E-state index contributed by atoms with van der Waals surface area (Å²) in [6.45, 7) is 2.25. The fourth-order valence-corrected chi connectivity index (χ4v) is 2.01. The molecule has 0 saturated heterocycles. The molecule has 3 heteroatoms. The van der Waals surface area contributed by atoms with E-state index in [1.165, 1.54) is 51.4 Å². The van der Waals surface area contributed by atoms with Crippen LogP contribution in [0.5, 0.6) is 0 Å². The molecule has 0 aromatic rings.